The van der Waals surface area contributed by atoms with Gasteiger partial charge < -0.3 is 10.6 Å². The van der Waals surface area contributed by atoms with Crippen LogP contribution in [0.3, 0.4) is 0 Å². The van der Waals surface area contributed by atoms with Crippen LogP contribution in [0.25, 0.3) is 0 Å². The highest BCUT2D eigenvalue weighted by molar-refractivity contribution is 5.59. The first-order valence-electron chi connectivity index (χ1n) is 5.15. The fourth-order valence-electron chi connectivity index (χ4n) is 1.38. The lowest BCUT2D eigenvalue weighted by atomic mass is 10.1. The number of nitrogen functional groups attached to an aromatic ring is 1. The van der Waals surface area contributed by atoms with Crippen LogP contribution in [0.2, 0.25) is 0 Å². The number of hydrogen-bond donors (Lipinski definition) is 1. The van der Waals surface area contributed by atoms with E-state index in [1.807, 2.05) is 13.0 Å². The van der Waals surface area contributed by atoms with Gasteiger partial charge in [0, 0.05) is 24.5 Å². The van der Waals surface area contributed by atoms with Crippen molar-refractivity contribution in [2.75, 3.05) is 17.7 Å². The van der Waals surface area contributed by atoms with Crippen molar-refractivity contribution in [3.05, 3.63) is 23.8 Å². The van der Waals surface area contributed by atoms with Crippen LogP contribution in [-0.4, -0.2) is 13.1 Å². The van der Waals surface area contributed by atoms with Crippen molar-refractivity contribution in [3.63, 3.8) is 0 Å². The summed E-state index contributed by atoms with van der Waals surface area (Å²) in [4.78, 5) is 2.26. The molecule has 2 heteroatoms. The Morgan fingerprint density at radius 1 is 1.43 bits per heavy atom. The molecule has 1 unspecified atom stereocenters. The highest BCUT2D eigenvalue weighted by atomic mass is 15.1. The van der Waals surface area contributed by atoms with Gasteiger partial charge in [0.1, 0.15) is 0 Å². The maximum Gasteiger partial charge on any atom is 0.0386 e. The standard InChI is InChI=1S/C12H20N2/c1-5-10(3)14(4)11-7-6-9(2)12(13)8-11/h6-8,10H,5,13H2,1-4H3. The van der Waals surface area contributed by atoms with Crippen molar-refractivity contribution in [1.29, 1.82) is 0 Å². The predicted molar refractivity (Wildman–Crippen MR) is 63.7 cm³/mol. The third kappa shape index (κ3) is 2.19. The minimum atomic E-state index is 0.553. The topological polar surface area (TPSA) is 29.3 Å². The average molecular weight is 192 g/mol. The SMILES string of the molecule is CCC(C)N(C)c1ccc(C)c(N)c1. The fourth-order valence-corrected chi connectivity index (χ4v) is 1.38. The monoisotopic (exact) mass is 192 g/mol. The summed E-state index contributed by atoms with van der Waals surface area (Å²) in [7, 11) is 2.11. The number of nitrogens with two attached hydrogens (primary N) is 1. The first-order valence-corrected chi connectivity index (χ1v) is 5.15. The second-order valence-electron chi connectivity index (χ2n) is 3.91. The molecule has 0 aliphatic heterocycles. The summed E-state index contributed by atoms with van der Waals surface area (Å²) >= 11 is 0. The lowest BCUT2D eigenvalue weighted by molar-refractivity contribution is 0.664. The maximum absolute atomic E-state index is 5.87. The summed E-state index contributed by atoms with van der Waals surface area (Å²) < 4.78 is 0. The Hall–Kier alpha value is -1.18. The van der Waals surface area contributed by atoms with E-state index in [1.54, 1.807) is 0 Å². The van der Waals surface area contributed by atoms with Crippen molar-refractivity contribution in [2.24, 2.45) is 0 Å². The van der Waals surface area contributed by atoms with Crippen LogP contribution < -0.4 is 10.6 Å². The molecule has 14 heavy (non-hydrogen) atoms. The number of anilines is 2. The van der Waals surface area contributed by atoms with Gasteiger partial charge in [-0.25, -0.2) is 0 Å². The Morgan fingerprint density at radius 2 is 2.07 bits per heavy atom. The number of benzene rings is 1. The Balaban J connectivity index is 2.91. The molecule has 0 aliphatic rings. The van der Waals surface area contributed by atoms with E-state index in [0.29, 0.717) is 6.04 Å². The zero-order valence-corrected chi connectivity index (χ0v) is 9.54. The average Bonchev–Trinajstić information content (AvgIpc) is 2.20. The molecular formula is C12H20N2. The molecular weight excluding hydrogens is 172 g/mol. The van der Waals surface area contributed by atoms with E-state index >= 15 is 0 Å². The molecule has 0 aromatic heterocycles. The molecule has 78 valence electrons. The quantitative estimate of drug-likeness (QED) is 0.746. The first kappa shape index (κ1) is 10.9. The summed E-state index contributed by atoms with van der Waals surface area (Å²) in [5.41, 5.74) is 9.09. The number of aryl methyl sites for hydroxylation is 1. The molecule has 0 saturated heterocycles. The van der Waals surface area contributed by atoms with Gasteiger partial charge in [0.25, 0.3) is 0 Å². The second kappa shape index (κ2) is 4.36. The minimum Gasteiger partial charge on any atom is -0.398 e. The highest BCUT2D eigenvalue weighted by Gasteiger charge is 2.08. The van der Waals surface area contributed by atoms with Gasteiger partial charge >= 0.3 is 0 Å². The van der Waals surface area contributed by atoms with E-state index < -0.39 is 0 Å². The number of rotatable bonds is 3. The van der Waals surface area contributed by atoms with Crippen LogP contribution in [-0.2, 0) is 0 Å². The summed E-state index contributed by atoms with van der Waals surface area (Å²) in [6, 6.07) is 6.79. The maximum atomic E-state index is 5.87. The summed E-state index contributed by atoms with van der Waals surface area (Å²) in [6.07, 6.45) is 1.14. The van der Waals surface area contributed by atoms with E-state index in [4.69, 9.17) is 5.73 Å². The van der Waals surface area contributed by atoms with Gasteiger partial charge in [-0.15, -0.1) is 0 Å². The molecule has 0 fully saturated rings. The van der Waals surface area contributed by atoms with Crippen LogP contribution >= 0.6 is 0 Å². The molecule has 0 aliphatic carbocycles. The van der Waals surface area contributed by atoms with Crippen LogP contribution in [0.4, 0.5) is 11.4 Å². The molecule has 0 amide bonds. The Bertz CT molecular complexity index is 307. The van der Waals surface area contributed by atoms with Crippen molar-refractivity contribution >= 4 is 11.4 Å². The van der Waals surface area contributed by atoms with Gasteiger partial charge in [-0.1, -0.05) is 13.0 Å². The van der Waals surface area contributed by atoms with Gasteiger partial charge in [0.15, 0.2) is 0 Å². The van der Waals surface area contributed by atoms with E-state index in [-0.39, 0.29) is 0 Å². The Morgan fingerprint density at radius 3 is 2.57 bits per heavy atom. The molecule has 0 saturated carbocycles. The molecule has 1 aromatic carbocycles. The molecule has 1 rings (SSSR count). The van der Waals surface area contributed by atoms with Crippen LogP contribution in [0, 0.1) is 6.92 Å². The molecule has 2 nitrogen and oxygen atoms in total. The molecule has 2 N–H and O–H groups in total. The molecule has 0 heterocycles. The van der Waals surface area contributed by atoms with Crippen LogP contribution in [0.5, 0.6) is 0 Å². The largest absolute Gasteiger partial charge is 0.398 e. The second-order valence-corrected chi connectivity index (χ2v) is 3.91. The summed E-state index contributed by atoms with van der Waals surface area (Å²) in [6.45, 7) is 6.44. The van der Waals surface area contributed by atoms with Gasteiger partial charge in [-0.05, 0) is 38.0 Å². The van der Waals surface area contributed by atoms with Gasteiger partial charge in [0.05, 0.1) is 0 Å². The van der Waals surface area contributed by atoms with E-state index in [0.717, 1.165) is 17.7 Å². The number of hydrogen-bond acceptors (Lipinski definition) is 2. The molecule has 1 aromatic rings. The van der Waals surface area contributed by atoms with E-state index in [1.165, 1.54) is 5.69 Å². The zero-order valence-electron chi connectivity index (χ0n) is 9.54. The third-order valence-electron chi connectivity index (χ3n) is 2.92. The van der Waals surface area contributed by atoms with Gasteiger partial charge in [-0.2, -0.15) is 0 Å². The van der Waals surface area contributed by atoms with E-state index in [2.05, 4.69) is 37.9 Å². The van der Waals surface area contributed by atoms with Crippen molar-refractivity contribution < 1.29 is 0 Å². The van der Waals surface area contributed by atoms with E-state index in [9.17, 15) is 0 Å². The third-order valence-corrected chi connectivity index (χ3v) is 2.92. The van der Waals surface area contributed by atoms with Gasteiger partial charge in [0.2, 0.25) is 0 Å². The van der Waals surface area contributed by atoms with Gasteiger partial charge in [-0.3, -0.25) is 0 Å². The molecule has 0 radical (unpaired) electrons. The molecule has 0 spiro atoms. The number of nitrogens with zero attached hydrogens (tertiary/aromatic N) is 1. The normalized spacial score (nSPS) is 12.6. The van der Waals surface area contributed by atoms with Crippen LogP contribution in [0.15, 0.2) is 18.2 Å². The first-order chi connectivity index (χ1) is 6.56. The van der Waals surface area contributed by atoms with Crippen molar-refractivity contribution in [2.45, 2.75) is 33.2 Å². The smallest absolute Gasteiger partial charge is 0.0386 e. The van der Waals surface area contributed by atoms with Crippen molar-refractivity contribution in [1.82, 2.24) is 0 Å². The van der Waals surface area contributed by atoms with Crippen LogP contribution in [0.1, 0.15) is 25.8 Å². The summed E-state index contributed by atoms with van der Waals surface area (Å²) in [5.74, 6) is 0. The molecule has 0 bridgehead atoms. The Kier molecular flexibility index (Phi) is 3.39. The van der Waals surface area contributed by atoms with Crippen molar-refractivity contribution in [3.8, 4) is 0 Å². The Labute approximate surface area is 86.7 Å². The minimum absolute atomic E-state index is 0.553. The fraction of sp³-hybridized carbons (Fsp3) is 0.500. The molecule has 1 atom stereocenters. The summed E-state index contributed by atoms with van der Waals surface area (Å²) in [5, 5.41) is 0. The highest BCUT2D eigenvalue weighted by Crippen LogP contribution is 2.21. The predicted octanol–water partition coefficient (Wildman–Crippen LogP) is 2.81. The lowest BCUT2D eigenvalue weighted by Crippen LogP contribution is -2.27. The lowest BCUT2D eigenvalue weighted by Gasteiger charge is -2.26. The zero-order chi connectivity index (χ0) is 10.7.